The molecule has 0 unspecified atom stereocenters. The van der Waals surface area contributed by atoms with Crippen LogP contribution in [0.15, 0.2) is 12.3 Å². The molecule has 0 saturated heterocycles. The summed E-state index contributed by atoms with van der Waals surface area (Å²) in [7, 11) is 2.92. The van der Waals surface area contributed by atoms with Gasteiger partial charge in [0.2, 0.25) is 0 Å². The summed E-state index contributed by atoms with van der Waals surface area (Å²) >= 11 is 6.03. The summed E-state index contributed by atoms with van der Waals surface area (Å²) in [4.78, 5) is 0. The molecule has 6 nitrogen and oxygen atoms in total. The molecule has 0 atom stereocenters. The van der Waals surface area contributed by atoms with E-state index in [1.807, 2.05) is 0 Å². The number of nitrogens with zero attached hydrogens (tertiary/aromatic N) is 1. The highest BCUT2D eigenvalue weighted by Gasteiger charge is 2.20. The SMILES string of the molecule is COc1cc(-c2cn[nH]c2N)c(O)c(Cl)c1OC. The van der Waals surface area contributed by atoms with E-state index in [0.29, 0.717) is 22.7 Å². The van der Waals surface area contributed by atoms with Gasteiger partial charge in [-0.2, -0.15) is 5.10 Å². The molecule has 1 heterocycles. The monoisotopic (exact) mass is 269 g/mol. The summed E-state index contributed by atoms with van der Waals surface area (Å²) < 4.78 is 10.2. The molecule has 0 saturated carbocycles. The van der Waals surface area contributed by atoms with Gasteiger partial charge in [0.15, 0.2) is 11.5 Å². The van der Waals surface area contributed by atoms with E-state index in [0.717, 1.165) is 0 Å². The second-order valence-electron chi connectivity index (χ2n) is 3.52. The van der Waals surface area contributed by atoms with Gasteiger partial charge in [0.1, 0.15) is 16.6 Å². The van der Waals surface area contributed by atoms with Gasteiger partial charge in [0.25, 0.3) is 0 Å². The molecule has 4 N–H and O–H groups in total. The molecule has 0 spiro atoms. The van der Waals surface area contributed by atoms with Crippen LogP contribution < -0.4 is 15.2 Å². The van der Waals surface area contributed by atoms with Crippen LogP contribution in [-0.2, 0) is 0 Å². The third kappa shape index (κ3) is 1.80. The molecule has 0 radical (unpaired) electrons. The van der Waals surface area contributed by atoms with Gasteiger partial charge in [-0.05, 0) is 6.07 Å². The first-order valence-corrected chi connectivity index (χ1v) is 5.40. The zero-order valence-corrected chi connectivity index (χ0v) is 10.6. The van der Waals surface area contributed by atoms with E-state index in [4.69, 9.17) is 26.8 Å². The van der Waals surface area contributed by atoms with Gasteiger partial charge in [-0.3, -0.25) is 5.10 Å². The number of ether oxygens (including phenoxy) is 2. The topological polar surface area (TPSA) is 93.4 Å². The Morgan fingerprint density at radius 1 is 1.33 bits per heavy atom. The highest BCUT2D eigenvalue weighted by Crippen LogP contribution is 2.47. The van der Waals surface area contributed by atoms with Crippen LogP contribution in [0.1, 0.15) is 0 Å². The van der Waals surface area contributed by atoms with Crippen molar-refractivity contribution in [2.45, 2.75) is 0 Å². The molecule has 1 aromatic heterocycles. The predicted molar refractivity (Wildman–Crippen MR) is 68.2 cm³/mol. The number of phenolic OH excluding ortho intramolecular Hbond substituents is 1. The maximum atomic E-state index is 10.1. The third-order valence-electron chi connectivity index (χ3n) is 2.54. The minimum absolute atomic E-state index is 0.0625. The van der Waals surface area contributed by atoms with Crippen LogP contribution >= 0.6 is 11.6 Å². The van der Waals surface area contributed by atoms with E-state index in [1.165, 1.54) is 20.4 Å². The van der Waals surface area contributed by atoms with Crippen LogP contribution in [0, 0.1) is 0 Å². The van der Waals surface area contributed by atoms with Crippen LogP contribution in [0.3, 0.4) is 0 Å². The Morgan fingerprint density at radius 3 is 2.56 bits per heavy atom. The summed E-state index contributed by atoms with van der Waals surface area (Å²) in [6.07, 6.45) is 1.49. The molecule has 96 valence electrons. The second kappa shape index (κ2) is 4.66. The lowest BCUT2D eigenvalue weighted by atomic mass is 10.1. The van der Waals surface area contributed by atoms with Gasteiger partial charge in [0, 0.05) is 11.1 Å². The molecule has 2 aromatic rings. The molecule has 1 aromatic carbocycles. The lowest BCUT2D eigenvalue weighted by Crippen LogP contribution is -1.94. The highest BCUT2D eigenvalue weighted by atomic mass is 35.5. The number of hydrogen-bond acceptors (Lipinski definition) is 5. The number of methoxy groups -OCH3 is 2. The molecular formula is C11H12ClN3O3. The van der Waals surface area contributed by atoms with Gasteiger partial charge in [0.05, 0.1) is 20.4 Å². The minimum Gasteiger partial charge on any atom is -0.506 e. The molecular weight excluding hydrogens is 258 g/mol. The average Bonchev–Trinajstić information content (AvgIpc) is 2.78. The van der Waals surface area contributed by atoms with Crippen molar-refractivity contribution in [3.05, 3.63) is 17.3 Å². The predicted octanol–water partition coefficient (Wildman–Crippen LogP) is 2.04. The van der Waals surface area contributed by atoms with Crippen molar-refractivity contribution in [3.63, 3.8) is 0 Å². The van der Waals surface area contributed by atoms with E-state index < -0.39 is 0 Å². The molecule has 0 bridgehead atoms. The molecule has 0 aliphatic carbocycles. The van der Waals surface area contributed by atoms with Crippen LogP contribution in [-0.4, -0.2) is 29.5 Å². The van der Waals surface area contributed by atoms with Gasteiger partial charge >= 0.3 is 0 Å². The van der Waals surface area contributed by atoms with Gasteiger partial charge in [-0.25, -0.2) is 0 Å². The summed E-state index contributed by atoms with van der Waals surface area (Å²) in [5, 5.41) is 16.5. The van der Waals surface area contributed by atoms with E-state index in [2.05, 4.69) is 10.2 Å². The fourth-order valence-electron chi connectivity index (χ4n) is 1.66. The molecule has 2 rings (SSSR count). The lowest BCUT2D eigenvalue weighted by Gasteiger charge is -2.13. The molecule has 0 amide bonds. The normalized spacial score (nSPS) is 10.4. The van der Waals surface area contributed by atoms with Crippen molar-refractivity contribution in [2.75, 3.05) is 20.0 Å². The number of aromatic hydroxyl groups is 1. The molecule has 18 heavy (non-hydrogen) atoms. The van der Waals surface area contributed by atoms with E-state index in [1.54, 1.807) is 6.07 Å². The van der Waals surface area contributed by atoms with Crippen LogP contribution in [0.5, 0.6) is 17.2 Å². The zero-order valence-electron chi connectivity index (χ0n) is 9.82. The van der Waals surface area contributed by atoms with Gasteiger partial charge in [-0.15, -0.1) is 0 Å². The number of halogens is 1. The number of aromatic amines is 1. The quantitative estimate of drug-likeness (QED) is 0.793. The summed E-state index contributed by atoms with van der Waals surface area (Å²) in [6, 6.07) is 1.58. The Bertz CT molecular complexity index is 583. The molecule has 0 aliphatic rings. The van der Waals surface area contributed by atoms with E-state index in [-0.39, 0.29) is 16.5 Å². The van der Waals surface area contributed by atoms with Crippen molar-refractivity contribution in [3.8, 4) is 28.4 Å². The van der Waals surface area contributed by atoms with Crippen molar-refractivity contribution in [2.24, 2.45) is 0 Å². The van der Waals surface area contributed by atoms with E-state index >= 15 is 0 Å². The van der Waals surface area contributed by atoms with Gasteiger partial charge < -0.3 is 20.3 Å². The summed E-state index contributed by atoms with van der Waals surface area (Å²) in [6.45, 7) is 0. The average molecular weight is 270 g/mol. The number of nitrogen functional groups attached to an aromatic ring is 1. The number of phenols is 1. The Kier molecular flexibility index (Phi) is 3.20. The van der Waals surface area contributed by atoms with Crippen molar-refractivity contribution in [1.29, 1.82) is 0 Å². The first-order chi connectivity index (χ1) is 8.60. The van der Waals surface area contributed by atoms with E-state index in [9.17, 15) is 5.11 Å². The van der Waals surface area contributed by atoms with Crippen LogP contribution in [0.4, 0.5) is 5.82 Å². The summed E-state index contributed by atoms with van der Waals surface area (Å²) in [5.74, 6) is 0.856. The third-order valence-corrected chi connectivity index (χ3v) is 2.90. The number of rotatable bonds is 3. The highest BCUT2D eigenvalue weighted by molar-refractivity contribution is 6.34. The zero-order chi connectivity index (χ0) is 13.3. The minimum atomic E-state index is -0.137. The summed E-state index contributed by atoms with van der Waals surface area (Å²) in [5.41, 5.74) is 6.67. The number of H-pyrrole nitrogens is 1. The lowest BCUT2D eigenvalue weighted by molar-refractivity contribution is 0.352. The van der Waals surface area contributed by atoms with Crippen molar-refractivity contribution < 1.29 is 14.6 Å². The molecule has 7 heteroatoms. The number of nitrogens with one attached hydrogen (secondary N) is 1. The molecule has 0 fully saturated rings. The largest absolute Gasteiger partial charge is 0.506 e. The Hall–Kier alpha value is -2.08. The Labute approximate surface area is 108 Å². The van der Waals surface area contributed by atoms with Crippen molar-refractivity contribution >= 4 is 17.4 Å². The number of nitrogens with two attached hydrogens (primary N) is 1. The smallest absolute Gasteiger partial charge is 0.183 e. The standard InChI is InChI=1S/C11H12ClN3O3/c1-17-7-3-5(6-4-14-15-11(6)13)9(16)8(12)10(7)18-2/h3-4,16H,1-2H3,(H3,13,14,15). The molecule has 0 aliphatic heterocycles. The first-order valence-electron chi connectivity index (χ1n) is 5.02. The van der Waals surface area contributed by atoms with Crippen molar-refractivity contribution in [1.82, 2.24) is 10.2 Å². The Morgan fingerprint density at radius 2 is 2.06 bits per heavy atom. The maximum absolute atomic E-state index is 10.1. The van der Waals surface area contributed by atoms with Gasteiger partial charge in [-0.1, -0.05) is 11.6 Å². The number of anilines is 1. The van der Waals surface area contributed by atoms with Crippen LogP contribution in [0.25, 0.3) is 11.1 Å². The fourth-order valence-corrected chi connectivity index (χ4v) is 1.93. The maximum Gasteiger partial charge on any atom is 0.183 e. The Balaban J connectivity index is 2.70. The second-order valence-corrected chi connectivity index (χ2v) is 3.90. The number of aromatic nitrogens is 2. The number of hydrogen-bond donors (Lipinski definition) is 3. The first kappa shape index (κ1) is 12.4. The fraction of sp³-hybridized carbons (Fsp3) is 0.182. The number of benzene rings is 1. The van der Waals surface area contributed by atoms with Crippen LogP contribution in [0.2, 0.25) is 5.02 Å².